The first-order valence-electron chi connectivity index (χ1n) is 11.0. The van der Waals surface area contributed by atoms with Crippen molar-refractivity contribution in [3.63, 3.8) is 0 Å². The highest BCUT2D eigenvalue weighted by Crippen LogP contribution is 2.20. The number of hydrogen-bond donors (Lipinski definition) is 2. The van der Waals surface area contributed by atoms with E-state index in [1.165, 1.54) is 16.8 Å². The van der Waals surface area contributed by atoms with E-state index in [4.69, 9.17) is 0 Å². The topological polar surface area (TPSA) is 110 Å². The zero-order valence-electron chi connectivity index (χ0n) is 19.6. The van der Waals surface area contributed by atoms with Crippen LogP contribution in [0.4, 0.5) is 5.69 Å². The van der Waals surface area contributed by atoms with Gasteiger partial charge in [-0.05, 0) is 50.6 Å². The summed E-state index contributed by atoms with van der Waals surface area (Å²) in [4.78, 5) is 26.3. The Morgan fingerprint density at radius 1 is 0.914 bits per heavy atom. The van der Waals surface area contributed by atoms with E-state index in [-0.39, 0.29) is 22.7 Å². The van der Waals surface area contributed by atoms with E-state index < -0.39 is 21.5 Å². The number of nitrogens with zero attached hydrogens (tertiary/aromatic N) is 2. The van der Waals surface area contributed by atoms with Crippen LogP contribution in [-0.4, -0.2) is 29.6 Å². The average molecular weight is 491 g/mol. The lowest BCUT2D eigenvalue weighted by Crippen LogP contribution is -2.40. The maximum Gasteiger partial charge on any atom is 0.276 e. The maximum absolute atomic E-state index is 13.3. The van der Waals surface area contributed by atoms with Gasteiger partial charge in [0, 0.05) is 16.6 Å². The molecule has 9 heteroatoms. The molecule has 0 aliphatic heterocycles. The van der Waals surface area contributed by atoms with Crippen LogP contribution in [0.25, 0.3) is 10.8 Å². The molecule has 35 heavy (non-hydrogen) atoms. The summed E-state index contributed by atoms with van der Waals surface area (Å²) in [6, 6.07) is 22.1. The third-order valence-electron chi connectivity index (χ3n) is 5.10. The van der Waals surface area contributed by atoms with Crippen LogP contribution in [0.5, 0.6) is 0 Å². The van der Waals surface area contributed by atoms with Crippen molar-refractivity contribution in [3.8, 4) is 0 Å². The van der Waals surface area contributed by atoms with Crippen molar-refractivity contribution in [3.05, 3.63) is 100 Å². The summed E-state index contributed by atoms with van der Waals surface area (Å²) in [7, 11) is -3.78. The number of nitrogens with one attached hydrogen (secondary N) is 2. The molecule has 0 radical (unpaired) electrons. The largest absolute Gasteiger partial charge is 0.321 e. The first kappa shape index (κ1) is 24.3. The minimum absolute atomic E-state index is 0.0251. The lowest BCUT2D eigenvalue weighted by molar-refractivity contribution is 0.102. The molecular weight excluding hydrogens is 464 g/mol. The van der Waals surface area contributed by atoms with Crippen molar-refractivity contribution in [1.29, 1.82) is 0 Å². The zero-order chi connectivity index (χ0) is 25.2. The fourth-order valence-electron chi connectivity index (χ4n) is 3.66. The van der Waals surface area contributed by atoms with Crippen LogP contribution < -0.4 is 15.6 Å². The lowest BCUT2D eigenvalue weighted by Gasteiger charge is -2.20. The van der Waals surface area contributed by atoms with Crippen LogP contribution in [0.2, 0.25) is 0 Å². The monoisotopic (exact) mass is 490 g/mol. The second-order valence-electron chi connectivity index (χ2n) is 9.18. The van der Waals surface area contributed by atoms with E-state index in [0.29, 0.717) is 16.5 Å². The van der Waals surface area contributed by atoms with Crippen LogP contribution in [0.15, 0.2) is 88.6 Å². The van der Waals surface area contributed by atoms with Gasteiger partial charge in [0.05, 0.1) is 16.8 Å². The molecule has 0 saturated carbocycles. The van der Waals surface area contributed by atoms with Gasteiger partial charge in [-0.2, -0.15) is 5.10 Å². The molecule has 4 rings (SSSR count). The molecule has 0 bridgehead atoms. The molecule has 1 amide bonds. The smallest absolute Gasteiger partial charge is 0.276 e. The average Bonchev–Trinajstić information content (AvgIpc) is 2.80. The number of amides is 1. The summed E-state index contributed by atoms with van der Waals surface area (Å²) >= 11 is 0. The first-order chi connectivity index (χ1) is 16.5. The normalized spacial score (nSPS) is 12.0. The molecular formula is C26H26N4O4S. The number of aromatic nitrogens is 2. The van der Waals surface area contributed by atoms with Crippen LogP contribution in [0, 0.1) is 0 Å². The Morgan fingerprint density at radius 2 is 1.57 bits per heavy atom. The Kier molecular flexibility index (Phi) is 6.56. The Balaban J connectivity index is 1.71. The van der Waals surface area contributed by atoms with Gasteiger partial charge in [-0.3, -0.25) is 9.59 Å². The summed E-state index contributed by atoms with van der Waals surface area (Å²) in [5, 5.41) is 7.88. The summed E-state index contributed by atoms with van der Waals surface area (Å²) in [5.41, 5.74) is 0.263. The first-order valence-corrected chi connectivity index (χ1v) is 12.5. The Hall–Kier alpha value is -3.82. The number of anilines is 1. The van der Waals surface area contributed by atoms with Crippen LogP contribution in [0.1, 0.15) is 36.8 Å². The van der Waals surface area contributed by atoms with E-state index in [1.807, 2.05) is 30.3 Å². The molecule has 8 nitrogen and oxygen atoms in total. The highest BCUT2D eigenvalue weighted by atomic mass is 32.2. The maximum atomic E-state index is 13.3. The number of rotatable bonds is 6. The second kappa shape index (κ2) is 9.44. The number of carbonyl (C=O) groups is 1. The van der Waals surface area contributed by atoms with E-state index in [9.17, 15) is 18.0 Å². The van der Waals surface area contributed by atoms with Gasteiger partial charge in [0.25, 0.3) is 11.5 Å². The summed E-state index contributed by atoms with van der Waals surface area (Å²) in [5.74, 6) is -0.554. The van der Waals surface area contributed by atoms with Gasteiger partial charge in [0.15, 0.2) is 5.69 Å². The number of sulfonamides is 1. The van der Waals surface area contributed by atoms with Gasteiger partial charge < -0.3 is 5.32 Å². The fourth-order valence-corrected chi connectivity index (χ4v) is 5.12. The molecule has 0 aliphatic rings. The van der Waals surface area contributed by atoms with Gasteiger partial charge in [-0.1, -0.05) is 54.6 Å². The lowest BCUT2D eigenvalue weighted by atomic mass is 10.1. The quantitative estimate of drug-likeness (QED) is 0.428. The van der Waals surface area contributed by atoms with Gasteiger partial charge in [-0.25, -0.2) is 17.8 Å². The summed E-state index contributed by atoms with van der Waals surface area (Å²) in [6.07, 6.45) is 0. The second-order valence-corrected chi connectivity index (χ2v) is 10.9. The predicted octanol–water partition coefficient (Wildman–Crippen LogP) is 3.77. The minimum Gasteiger partial charge on any atom is -0.321 e. The Labute approximate surface area is 203 Å². The van der Waals surface area contributed by atoms with Crippen molar-refractivity contribution in [1.82, 2.24) is 14.5 Å². The van der Waals surface area contributed by atoms with Crippen molar-refractivity contribution in [2.75, 3.05) is 5.32 Å². The molecule has 0 fully saturated rings. The molecule has 1 aromatic heterocycles. The van der Waals surface area contributed by atoms with Gasteiger partial charge >= 0.3 is 0 Å². The zero-order valence-corrected chi connectivity index (χ0v) is 20.5. The van der Waals surface area contributed by atoms with E-state index >= 15 is 0 Å². The molecule has 0 saturated heterocycles. The van der Waals surface area contributed by atoms with E-state index in [1.54, 1.807) is 57.2 Å². The molecule has 2 N–H and O–H groups in total. The molecule has 4 aromatic rings. The Morgan fingerprint density at radius 3 is 2.26 bits per heavy atom. The predicted molar refractivity (Wildman–Crippen MR) is 136 cm³/mol. The van der Waals surface area contributed by atoms with Gasteiger partial charge in [0.2, 0.25) is 10.0 Å². The molecule has 0 aliphatic carbocycles. The molecule has 180 valence electrons. The van der Waals surface area contributed by atoms with Crippen molar-refractivity contribution in [2.45, 2.75) is 37.8 Å². The van der Waals surface area contributed by atoms with E-state index in [0.717, 1.165) is 5.56 Å². The number of hydrogen-bond acceptors (Lipinski definition) is 5. The molecule has 3 aromatic carbocycles. The highest BCUT2D eigenvalue weighted by Gasteiger charge is 2.23. The number of benzene rings is 3. The van der Waals surface area contributed by atoms with Gasteiger partial charge in [-0.15, -0.1) is 0 Å². The molecule has 0 unspecified atom stereocenters. The van der Waals surface area contributed by atoms with Crippen LogP contribution >= 0.6 is 0 Å². The standard InChI is InChI=1S/C26H26N4O4S/c1-26(2,3)29-35(33,34)20-13-9-12-19(16-20)27-24(31)23-21-14-7-8-15-22(21)25(32)30(28-23)17-18-10-5-4-6-11-18/h4-16,29H,17H2,1-3H3,(H,27,31). The minimum atomic E-state index is -3.78. The molecule has 0 atom stereocenters. The third kappa shape index (κ3) is 5.64. The Bertz CT molecular complexity index is 1560. The van der Waals surface area contributed by atoms with Crippen molar-refractivity contribution >= 4 is 32.4 Å². The summed E-state index contributed by atoms with van der Waals surface area (Å²) < 4.78 is 29.3. The van der Waals surface area contributed by atoms with Crippen LogP contribution in [0.3, 0.4) is 0 Å². The van der Waals surface area contributed by atoms with E-state index in [2.05, 4.69) is 15.1 Å². The highest BCUT2D eigenvalue weighted by molar-refractivity contribution is 7.89. The summed E-state index contributed by atoms with van der Waals surface area (Å²) in [6.45, 7) is 5.45. The fraction of sp³-hybridized carbons (Fsp3) is 0.192. The van der Waals surface area contributed by atoms with Crippen molar-refractivity contribution in [2.24, 2.45) is 0 Å². The van der Waals surface area contributed by atoms with Gasteiger partial charge in [0.1, 0.15) is 0 Å². The number of fused-ring (bicyclic) bond motifs is 1. The SMILES string of the molecule is CC(C)(C)NS(=O)(=O)c1cccc(NC(=O)c2nn(Cc3ccccc3)c(=O)c3ccccc23)c1. The van der Waals surface area contributed by atoms with Crippen LogP contribution in [-0.2, 0) is 16.6 Å². The molecule has 1 heterocycles. The van der Waals surface area contributed by atoms with Crippen molar-refractivity contribution < 1.29 is 13.2 Å². The number of carbonyl (C=O) groups excluding carboxylic acids is 1. The molecule has 0 spiro atoms. The third-order valence-corrected chi connectivity index (χ3v) is 6.86.